The summed E-state index contributed by atoms with van der Waals surface area (Å²) in [6.07, 6.45) is 1.49. The van der Waals surface area contributed by atoms with Gasteiger partial charge in [0.05, 0.1) is 13.2 Å². The summed E-state index contributed by atoms with van der Waals surface area (Å²) in [5, 5.41) is 3.15. The molecule has 2 aliphatic heterocycles. The highest BCUT2D eigenvalue weighted by atomic mass is 79.9. The highest BCUT2D eigenvalue weighted by molar-refractivity contribution is 9.09. The third kappa shape index (κ3) is 3.10. The number of hydrogen-bond donors (Lipinski definition) is 1. The predicted octanol–water partition coefficient (Wildman–Crippen LogP) is 1.61. The van der Waals surface area contributed by atoms with Crippen molar-refractivity contribution in [2.75, 3.05) is 11.9 Å². The Balaban J connectivity index is 1.80. The smallest absolute Gasteiger partial charge is 0.255 e. The van der Waals surface area contributed by atoms with Crippen LogP contribution in [0.15, 0.2) is 18.2 Å². The normalized spacial score (nSPS) is 20.5. The van der Waals surface area contributed by atoms with Gasteiger partial charge < -0.3 is 9.64 Å². The zero-order valence-corrected chi connectivity index (χ0v) is 14.1. The van der Waals surface area contributed by atoms with Gasteiger partial charge >= 0.3 is 0 Å². The van der Waals surface area contributed by atoms with Crippen molar-refractivity contribution in [3.63, 3.8) is 0 Å². The number of rotatable bonds is 5. The van der Waals surface area contributed by atoms with Crippen molar-refractivity contribution in [2.24, 2.45) is 0 Å². The average molecular weight is 381 g/mol. The van der Waals surface area contributed by atoms with Crippen molar-refractivity contribution < 1.29 is 19.1 Å². The molecule has 1 N–H and O–H groups in total. The first-order valence-electron chi connectivity index (χ1n) is 7.57. The van der Waals surface area contributed by atoms with Crippen LogP contribution >= 0.6 is 15.9 Å². The molecule has 0 saturated carbocycles. The number of benzene rings is 1. The summed E-state index contributed by atoms with van der Waals surface area (Å²) in [7, 11) is 0. The molecular formula is C16H17BrN2O4. The Morgan fingerprint density at radius 1 is 1.30 bits per heavy atom. The molecule has 2 heterocycles. The van der Waals surface area contributed by atoms with Gasteiger partial charge in [-0.25, -0.2) is 0 Å². The van der Waals surface area contributed by atoms with E-state index in [-0.39, 0.29) is 18.2 Å². The molecule has 0 spiro atoms. The molecule has 1 fully saturated rings. The van der Waals surface area contributed by atoms with Gasteiger partial charge in [-0.3, -0.25) is 19.7 Å². The van der Waals surface area contributed by atoms with Gasteiger partial charge in [-0.05, 0) is 25.0 Å². The highest BCUT2D eigenvalue weighted by Gasteiger charge is 2.40. The number of carbonyl (C=O) groups is 3. The van der Waals surface area contributed by atoms with Crippen LogP contribution in [0.5, 0.6) is 5.75 Å². The molecule has 0 bridgehead atoms. The average Bonchev–Trinajstić information content (AvgIpc) is 2.86. The monoisotopic (exact) mass is 380 g/mol. The van der Waals surface area contributed by atoms with Gasteiger partial charge in [-0.15, -0.1) is 0 Å². The van der Waals surface area contributed by atoms with E-state index in [1.54, 1.807) is 12.1 Å². The number of imide groups is 1. The molecule has 6 nitrogen and oxygen atoms in total. The molecule has 2 aliphatic rings. The van der Waals surface area contributed by atoms with E-state index in [1.165, 1.54) is 4.90 Å². The van der Waals surface area contributed by atoms with E-state index in [2.05, 4.69) is 21.2 Å². The largest absolute Gasteiger partial charge is 0.493 e. The molecule has 23 heavy (non-hydrogen) atoms. The molecule has 0 radical (unpaired) electrons. The van der Waals surface area contributed by atoms with E-state index in [1.807, 2.05) is 6.07 Å². The standard InChI is InChI=1S/C16H17BrN2O4/c17-7-2-8-23-13-4-1-3-10-11(13)9-19(16(10)22)12-5-6-14(20)18-15(12)21/h1,3-4,12H,2,5-9H2,(H,18,20,21). The van der Waals surface area contributed by atoms with E-state index in [9.17, 15) is 14.4 Å². The van der Waals surface area contributed by atoms with E-state index in [4.69, 9.17) is 4.74 Å². The minimum atomic E-state index is -0.594. The fraction of sp³-hybridized carbons (Fsp3) is 0.438. The third-order valence-electron chi connectivity index (χ3n) is 4.07. The SMILES string of the molecule is O=C1CCC(N2Cc3c(OCCCBr)cccc3C2=O)C(=O)N1. The number of amides is 3. The van der Waals surface area contributed by atoms with E-state index in [0.29, 0.717) is 30.9 Å². The third-order valence-corrected chi connectivity index (χ3v) is 4.64. The lowest BCUT2D eigenvalue weighted by Gasteiger charge is -2.29. The van der Waals surface area contributed by atoms with Crippen molar-refractivity contribution in [1.82, 2.24) is 10.2 Å². The Labute approximate surface area is 142 Å². The first kappa shape index (κ1) is 16.0. The molecule has 122 valence electrons. The maximum absolute atomic E-state index is 12.6. The van der Waals surface area contributed by atoms with Crippen LogP contribution in [0.1, 0.15) is 35.2 Å². The van der Waals surface area contributed by atoms with Gasteiger partial charge in [0.25, 0.3) is 5.91 Å². The van der Waals surface area contributed by atoms with Crippen molar-refractivity contribution >= 4 is 33.7 Å². The van der Waals surface area contributed by atoms with Crippen LogP contribution in [0, 0.1) is 0 Å². The minimum Gasteiger partial charge on any atom is -0.493 e. The summed E-state index contributed by atoms with van der Waals surface area (Å²) in [5.41, 5.74) is 1.39. The highest BCUT2D eigenvalue weighted by Crippen LogP contribution is 2.33. The summed E-state index contributed by atoms with van der Waals surface area (Å²) >= 11 is 3.35. The lowest BCUT2D eigenvalue weighted by atomic mass is 10.0. The second-order valence-corrected chi connectivity index (χ2v) is 6.37. The van der Waals surface area contributed by atoms with Crippen LogP contribution in [-0.4, -0.2) is 40.6 Å². The van der Waals surface area contributed by atoms with Crippen molar-refractivity contribution in [1.29, 1.82) is 0 Å². The molecule has 0 aliphatic carbocycles. The number of alkyl halides is 1. The van der Waals surface area contributed by atoms with Crippen LogP contribution in [0.2, 0.25) is 0 Å². The van der Waals surface area contributed by atoms with Crippen LogP contribution in [-0.2, 0) is 16.1 Å². The van der Waals surface area contributed by atoms with Gasteiger partial charge in [0.15, 0.2) is 0 Å². The second kappa shape index (κ2) is 6.70. The van der Waals surface area contributed by atoms with Crippen molar-refractivity contribution in [2.45, 2.75) is 31.8 Å². The molecule has 1 saturated heterocycles. The fourth-order valence-corrected chi connectivity index (χ4v) is 3.16. The topological polar surface area (TPSA) is 75.7 Å². The number of fused-ring (bicyclic) bond motifs is 1. The zero-order valence-electron chi connectivity index (χ0n) is 12.5. The number of halogens is 1. The number of ether oxygens (including phenoxy) is 1. The maximum Gasteiger partial charge on any atom is 0.255 e. The molecule has 7 heteroatoms. The van der Waals surface area contributed by atoms with Crippen LogP contribution in [0.25, 0.3) is 0 Å². The van der Waals surface area contributed by atoms with Gasteiger partial charge in [0, 0.05) is 22.9 Å². The lowest BCUT2D eigenvalue weighted by Crippen LogP contribution is -2.52. The summed E-state index contributed by atoms with van der Waals surface area (Å²) in [5.74, 6) is -0.176. The molecular weight excluding hydrogens is 364 g/mol. The fourth-order valence-electron chi connectivity index (χ4n) is 2.93. The summed E-state index contributed by atoms with van der Waals surface area (Å²) in [6.45, 7) is 0.902. The van der Waals surface area contributed by atoms with Crippen LogP contribution in [0.4, 0.5) is 0 Å². The minimum absolute atomic E-state index is 0.180. The molecule has 0 aromatic heterocycles. The summed E-state index contributed by atoms with van der Waals surface area (Å²) in [6, 6.07) is 4.78. The van der Waals surface area contributed by atoms with E-state index < -0.39 is 11.9 Å². The molecule has 3 rings (SSSR count). The van der Waals surface area contributed by atoms with Gasteiger partial charge in [-0.2, -0.15) is 0 Å². The summed E-state index contributed by atoms with van der Waals surface area (Å²) < 4.78 is 5.75. The maximum atomic E-state index is 12.6. The lowest BCUT2D eigenvalue weighted by molar-refractivity contribution is -0.136. The van der Waals surface area contributed by atoms with Crippen molar-refractivity contribution in [3.05, 3.63) is 29.3 Å². The Morgan fingerprint density at radius 3 is 2.87 bits per heavy atom. The molecule has 1 atom stereocenters. The number of carbonyl (C=O) groups excluding carboxylic acids is 3. The van der Waals surface area contributed by atoms with Gasteiger partial charge in [-0.1, -0.05) is 22.0 Å². The van der Waals surface area contributed by atoms with Crippen LogP contribution < -0.4 is 10.1 Å². The van der Waals surface area contributed by atoms with E-state index >= 15 is 0 Å². The second-order valence-electron chi connectivity index (χ2n) is 5.57. The van der Waals surface area contributed by atoms with Gasteiger partial charge in [0.2, 0.25) is 11.8 Å². The zero-order chi connectivity index (χ0) is 16.4. The number of piperidine rings is 1. The predicted molar refractivity (Wildman–Crippen MR) is 86.4 cm³/mol. The Hall–Kier alpha value is -1.89. The number of nitrogens with zero attached hydrogens (tertiary/aromatic N) is 1. The van der Waals surface area contributed by atoms with E-state index in [0.717, 1.165) is 17.3 Å². The summed E-state index contributed by atoms with van der Waals surface area (Å²) in [4.78, 5) is 37.4. The molecule has 1 unspecified atom stereocenters. The first-order chi connectivity index (χ1) is 11.1. The Bertz CT molecular complexity index is 661. The quantitative estimate of drug-likeness (QED) is 0.478. The number of nitrogens with one attached hydrogen (secondary N) is 1. The molecule has 1 aromatic rings. The van der Waals surface area contributed by atoms with Gasteiger partial charge in [0.1, 0.15) is 11.8 Å². The van der Waals surface area contributed by atoms with Crippen molar-refractivity contribution in [3.8, 4) is 5.75 Å². The molecule has 1 aromatic carbocycles. The first-order valence-corrected chi connectivity index (χ1v) is 8.69. The van der Waals surface area contributed by atoms with Crippen LogP contribution in [0.3, 0.4) is 0 Å². The Morgan fingerprint density at radius 2 is 2.13 bits per heavy atom. The Kier molecular flexibility index (Phi) is 4.66. The number of hydrogen-bond acceptors (Lipinski definition) is 4. The molecule has 3 amide bonds.